The number of primary amides is 1. The van der Waals surface area contributed by atoms with Gasteiger partial charge in [0.15, 0.2) is 0 Å². The number of benzene rings is 2. The van der Waals surface area contributed by atoms with Gasteiger partial charge < -0.3 is 62.1 Å². The van der Waals surface area contributed by atoms with E-state index in [9.17, 15) is 51.6 Å². The molecule has 486 valence electrons. The number of nitrogens with two attached hydrogens (primary N) is 2. The summed E-state index contributed by atoms with van der Waals surface area (Å²) >= 11 is 0. The molecule has 87 heavy (non-hydrogen) atoms. The first-order valence-electron chi connectivity index (χ1n) is 30.2. The van der Waals surface area contributed by atoms with Gasteiger partial charge in [0.2, 0.25) is 45.5 Å². The van der Waals surface area contributed by atoms with Crippen LogP contribution in [0.15, 0.2) is 54.6 Å². The normalized spacial score (nSPS) is 17.7. The first-order chi connectivity index (χ1) is 41.0. The monoisotopic (exact) mass is 1240 g/mol. The highest BCUT2D eigenvalue weighted by Crippen LogP contribution is 2.31. The lowest BCUT2D eigenvalue weighted by molar-refractivity contribution is -0.148. The summed E-state index contributed by atoms with van der Waals surface area (Å²) in [4.78, 5) is 127. The third kappa shape index (κ3) is 21.2. The molecule has 10 amide bonds. The van der Waals surface area contributed by atoms with Crippen molar-refractivity contribution in [3.63, 3.8) is 0 Å². The molecule has 2 aromatic carbocycles. The zero-order valence-corrected chi connectivity index (χ0v) is 53.8. The Hall–Kier alpha value is -6.90. The molecular formula is C61H97N11O14S. The fourth-order valence-electron chi connectivity index (χ4n) is 10.9. The van der Waals surface area contributed by atoms with Gasteiger partial charge in [0.05, 0.1) is 47.9 Å². The number of nitrogens with zero attached hydrogens (tertiary/aromatic N) is 3. The first-order valence-corrected chi connectivity index (χ1v) is 31.7. The van der Waals surface area contributed by atoms with Gasteiger partial charge in [-0.3, -0.25) is 43.2 Å². The molecule has 25 nitrogen and oxygen atoms in total. The average molecular weight is 1240 g/mol. The fraction of sp³-hybridized carbons (Fsp3) is 0.656. The third-order valence-corrected chi connectivity index (χ3v) is 18.3. The van der Waals surface area contributed by atoms with Crippen LogP contribution in [-0.2, 0) is 70.8 Å². The van der Waals surface area contributed by atoms with Crippen molar-refractivity contribution in [1.29, 1.82) is 0 Å². The van der Waals surface area contributed by atoms with Crippen LogP contribution in [0.2, 0.25) is 0 Å². The summed E-state index contributed by atoms with van der Waals surface area (Å²) in [5.74, 6) is -5.94. The van der Waals surface area contributed by atoms with Crippen molar-refractivity contribution in [2.24, 2.45) is 41.1 Å². The molecule has 1 saturated carbocycles. The molecule has 26 heteroatoms. The van der Waals surface area contributed by atoms with Crippen molar-refractivity contribution in [1.82, 2.24) is 40.7 Å². The number of amides is 10. The fourth-order valence-corrected chi connectivity index (χ4v) is 12.2. The second kappa shape index (κ2) is 34.0. The van der Waals surface area contributed by atoms with Gasteiger partial charge in [-0.25, -0.2) is 18.0 Å². The Morgan fingerprint density at radius 1 is 0.724 bits per heavy atom. The molecule has 1 heterocycles. The summed E-state index contributed by atoms with van der Waals surface area (Å²) in [6, 6.07) is 8.21. The lowest BCUT2D eigenvalue weighted by Gasteiger charge is -2.41. The predicted molar refractivity (Wildman–Crippen MR) is 328 cm³/mol. The van der Waals surface area contributed by atoms with E-state index in [1.807, 2.05) is 13.8 Å². The minimum Gasteiger partial charge on any atom is -0.445 e. The molecule has 4 rings (SSSR count). The second-order valence-corrected chi connectivity index (χ2v) is 26.0. The maximum Gasteiger partial charge on any atom is 0.410 e. The summed E-state index contributed by atoms with van der Waals surface area (Å²) in [5.41, 5.74) is 12.8. The Morgan fingerprint density at radius 2 is 1.36 bits per heavy atom. The number of rotatable bonds is 34. The van der Waals surface area contributed by atoms with E-state index in [1.54, 1.807) is 115 Å². The summed E-state index contributed by atoms with van der Waals surface area (Å²) in [6.45, 7) is 16.5. The van der Waals surface area contributed by atoms with Crippen LogP contribution < -0.4 is 42.8 Å². The largest absolute Gasteiger partial charge is 0.445 e. The molecule has 1 aliphatic heterocycles. The number of carbonyl (C=O) groups excluding carboxylic acids is 9. The van der Waals surface area contributed by atoms with Crippen LogP contribution in [0.1, 0.15) is 125 Å². The van der Waals surface area contributed by atoms with Gasteiger partial charge in [0.25, 0.3) is 5.91 Å². The molecule has 2 aromatic rings. The minimum atomic E-state index is -3.92. The van der Waals surface area contributed by atoms with Gasteiger partial charge in [-0.15, -0.1) is 0 Å². The van der Waals surface area contributed by atoms with Gasteiger partial charge in [-0.05, 0) is 85.5 Å². The van der Waals surface area contributed by atoms with Crippen LogP contribution >= 0.6 is 0 Å². The highest BCUT2D eigenvalue weighted by atomic mass is 32.2. The molecule has 2 aliphatic rings. The van der Waals surface area contributed by atoms with Crippen LogP contribution in [-0.4, -0.2) is 178 Å². The number of carbonyl (C=O) groups is 9. The van der Waals surface area contributed by atoms with Crippen LogP contribution in [0.3, 0.4) is 0 Å². The number of ether oxygens (including phenoxy) is 3. The van der Waals surface area contributed by atoms with E-state index in [0.717, 1.165) is 0 Å². The topological polar surface area (TPSA) is 349 Å². The maximum absolute atomic E-state index is 14.8. The van der Waals surface area contributed by atoms with E-state index in [-0.39, 0.29) is 50.2 Å². The Labute approximate surface area is 513 Å². The summed E-state index contributed by atoms with van der Waals surface area (Å²) in [5, 5.41) is 13.0. The van der Waals surface area contributed by atoms with E-state index in [0.29, 0.717) is 61.9 Å². The van der Waals surface area contributed by atoms with Gasteiger partial charge in [0.1, 0.15) is 30.8 Å². The number of anilines is 1. The number of methoxy groups -OCH3 is 2. The lowest BCUT2D eigenvalue weighted by Crippen LogP contribution is -2.60. The van der Waals surface area contributed by atoms with Gasteiger partial charge >= 0.3 is 12.1 Å². The van der Waals surface area contributed by atoms with Crippen LogP contribution in [0.5, 0.6) is 0 Å². The van der Waals surface area contributed by atoms with Crippen molar-refractivity contribution in [3.8, 4) is 0 Å². The third-order valence-electron chi connectivity index (χ3n) is 16.4. The molecule has 0 aromatic heterocycles. The summed E-state index contributed by atoms with van der Waals surface area (Å²) in [7, 11) is 2.05. The highest BCUT2D eigenvalue weighted by molar-refractivity contribution is 7.90. The molecule has 1 aliphatic carbocycles. The summed E-state index contributed by atoms with van der Waals surface area (Å²) in [6.07, 6.45) is 0.508. The van der Waals surface area contributed by atoms with E-state index >= 15 is 0 Å². The standard InChI is InChI=1S/C61H97N11O14S/c1-14-38(8)52(47(84-12)33-48(73)72-31-19-23-46(72)53(85-13)39(9)54(74)67-45(32-40-20-16-15-17-21-40)56(76)69-87(82,83)43-28-29-43)70(10)59(79)50(36(4)5)68-58(78)51(37(6)7)71(11)61(81)86-34-41-24-26-42(27-25-41)65-55(75)44(22-18-30-64-60(63)80)66-57(77)49(62)35(2)3/h15-17,20-21,24-27,35-39,43-47,49-53H,14,18-19,22-23,28-34,62H2,1-13H3,(H,65,75)(H,66,77)(H,67,74)(H,68,78)(H,69,76)(H3,63,64,80)/t38-,39+,44?,45-,46-,47+,49-,50-,51-,52?,53+/m0/s1. The Balaban J connectivity index is 1.42. The quantitative estimate of drug-likeness (QED) is 0.0465. The molecule has 2 fully saturated rings. The minimum absolute atomic E-state index is 0.0269. The van der Waals surface area contributed by atoms with Gasteiger partial charge in [0, 0.05) is 53.5 Å². The van der Waals surface area contributed by atoms with Crippen molar-refractivity contribution in [2.75, 3.05) is 46.7 Å². The second-order valence-electron chi connectivity index (χ2n) is 24.1. The number of urea groups is 1. The smallest absolute Gasteiger partial charge is 0.410 e. The zero-order valence-electron chi connectivity index (χ0n) is 53.0. The van der Waals surface area contributed by atoms with E-state index < -0.39 is 135 Å². The van der Waals surface area contributed by atoms with E-state index in [4.69, 9.17) is 25.7 Å². The first kappa shape index (κ1) is 72.6. The van der Waals surface area contributed by atoms with Crippen molar-refractivity contribution >= 4 is 69.2 Å². The average Bonchev–Trinajstić information content (AvgIpc) is 2.46. The van der Waals surface area contributed by atoms with Gasteiger partial charge in [-0.1, -0.05) is 111 Å². The zero-order chi connectivity index (χ0) is 65.0. The number of nitrogens with one attached hydrogen (secondary N) is 6. The Kier molecular flexibility index (Phi) is 28.4. The molecule has 0 spiro atoms. The van der Waals surface area contributed by atoms with E-state index in [2.05, 4.69) is 31.3 Å². The maximum atomic E-state index is 14.8. The number of sulfonamides is 1. The molecule has 10 N–H and O–H groups in total. The summed E-state index contributed by atoms with van der Waals surface area (Å²) < 4.78 is 45.5. The number of likely N-dealkylation sites (tertiary alicyclic amines) is 1. The van der Waals surface area contributed by atoms with Crippen LogP contribution in [0.4, 0.5) is 15.3 Å². The van der Waals surface area contributed by atoms with Crippen LogP contribution in [0.25, 0.3) is 0 Å². The molecule has 0 bridgehead atoms. The van der Waals surface area contributed by atoms with E-state index in [1.165, 1.54) is 31.1 Å². The van der Waals surface area contributed by atoms with Crippen molar-refractivity contribution in [2.45, 2.75) is 186 Å². The molecule has 1 saturated heterocycles. The molecule has 2 unspecified atom stereocenters. The van der Waals surface area contributed by atoms with Crippen molar-refractivity contribution in [3.05, 3.63) is 65.7 Å². The number of likely N-dealkylation sites (N-methyl/N-ethyl adjacent to an activating group) is 2. The highest BCUT2D eigenvalue weighted by Gasteiger charge is 2.45. The van der Waals surface area contributed by atoms with Gasteiger partial charge in [-0.2, -0.15) is 0 Å². The number of hydrogen-bond donors (Lipinski definition) is 8. The molecular weight excluding hydrogens is 1140 g/mol. The molecule has 0 radical (unpaired) electrons. The van der Waals surface area contributed by atoms with Crippen molar-refractivity contribution < 1.29 is 65.8 Å². The lowest BCUT2D eigenvalue weighted by atomic mass is 9.89. The van der Waals surface area contributed by atoms with Crippen LogP contribution in [0, 0.1) is 29.6 Å². The predicted octanol–water partition coefficient (Wildman–Crippen LogP) is 3.53. The SMILES string of the molecule is CC[C@H](C)C([C@@H](CC(=O)N1CCC[C@H]1[C@H](OC)[C@@H](C)C(=O)N[C@@H](Cc1ccccc1)C(=O)NS(=O)(=O)C1CC1)OC)N(C)C(=O)[C@@H](NC(=O)[C@H](C(C)C)N(C)C(=O)OCc1ccc(NC(=O)C(CCCNC(N)=O)NC(=O)[C@@H](N)C(C)C)cc1)C(C)C. The number of hydrogen-bond acceptors (Lipinski definition) is 15. The Morgan fingerprint density at radius 3 is 1.91 bits per heavy atom. The molecule has 11 atom stereocenters. The Bertz CT molecular complexity index is 2750.